The van der Waals surface area contributed by atoms with Gasteiger partial charge in [-0.3, -0.25) is 4.90 Å². The van der Waals surface area contributed by atoms with E-state index < -0.39 is 0 Å². The number of rotatable bonds is 2. The second kappa shape index (κ2) is 3.94. The Balaban J connectivity index is 1.87. The predicted octanol–water partition coefficient (Wildman–Crippen LogP) is 0.971. The average Bonchev–Trinajstić information content (AvgIpc) is 2.57. The molecule has 3 nitrogen and oxygen atoms in total. The van der Waals surface area contributed by atoms with Crippen molar-refractivity contribution in [3.05, 3.63) is 24.0 Å². The third kappa shape index (κ3) is 2.32. The Morgan fingerprint density at radius 3 is 3.23 bits per heavy atom. The molecular weight excluding hydrogens is 164 g/mol. The minimum atomic E-state index is -0.118. The van der Waals surface area contributed by atoms with Gasteiger partial charge in [0, 0.05) is 25.5 Å². The highest BCUT2D eigenvalue weighted by atomic mass is 16.3. The summed E-state index contributed by atoms with van der Waals surface area (Å²) in [6.07, 6.45) is 5.92. The molecule has 0 saturated carbocycles. The van der Waals surface area contributed by atoms with Gasteiger partial charge in [-0.1, -0.05) is 0 Å². The molecule has 0 aliphatic carbocycles. The van der Waals surface area contributed by atoms with Gasteiger partial charge in [0.2, 0.25) is 0 Å². The van der Waals surface area contributed by atoms with Crippen LogP contribution >= 0.6 is 0 Å². The summed E-state index contributed by atoms with van der Waals surface area (Å²) in [7, 11) is 0. The van der Waals surface area contributed by atoms with Gasteiger partial charge in [-0.05, 0) is 31.0 Å². The number of H-pyrrole nitrogens is 1. The maximum absolute atomic E-state index is 9.46. The van der Waals surface area contributed by atoms with E-state index in [-0.39, 0.29) is 6.10 Å². The molecule has 0 aromatic carbocycles. The van der Waals surface area contributed by atoms with Crippen LogP contribution in [0, 0.1) is 0 Å². The minimum Gasteiger partial charge on any atom is -0.392 e. The van der Waals surface area contributed by atoms with Crippen molar-refractivity contribution in [3.63, 3.8) is 0 Å². The fraction of sp³-hybridized carbons (Fsp3) is 0.600. The third-order valence-corrected chi connectivity index (χ3v) is 2.55. The number of piperidine rings is 1. The fourth-order valence-electron chi connectivity index (χ4n) is 1.89. The molecule has 0 unspecified atom stereocenters. The van der Waals surface area contributed by atoms with Crippen molar-refractivity contribution in [1.82, 2.24) is 9.88 Å². The van der Waals surface area contributed by atoms with E-state index in [9.17, 15) is 5.11 Å². The molecule has 72 valence electrons. The van der Waals surface area contributed by atoms with Gasteiger partial charge in [0.15, 0.2) is 0 Å². The summed E-state index contributed by atoms with van der Waals surface area (Å²) >= 11 is 0. The smallest absolute Gasteiger partial charge is 0.0667 e. The molecule has 1 fully saturated rings. The van der Waals surface area contributed by atoms with Crippen LogP contribution < -0.4 is 0 Å². The van der Waals surface area contributed by atoms with Crippen molar-refractivity contribution in [2.24, 2.45) is 0 Å². The van der Waals surface area contributed by atoms with Gasteiger partial charge < -0.3 is 10.1 Å². The van der Waals surface area contributed by atoms with E-state index in [4.69, 9.17) is 0 Å². The number of nitrogens with one attached hydrogen (secondary N) is 1. The molecule has 1 aliphatic rings. The summed E-state index contributed by atoms with van der Waals surface area (Å²) in [5.41, 5.74) is 1.30. The van der Waals surface area contributed by atoms with Crippen LogP contribution in [0.5, 0.6) is 0 Å². The minimum absolute atomic E-state index is 0.118. The summed E-state index contributed by atoms with van der Waals surface area (Å²) in [6, 6.07) is 2.08. The van der Waals surface area contributed by atoms with Crippen LogP contribution in [-0.4, -0.2) is 34.2 Å². The number of hydrogen-bond acceptors (Lipinski definition) is 2. The number of β-amino-alcohol motifs (C(OH)–C–C–N with tert-alkyl or cyclic N) is 1. The zero-order chi connectivity index (χ0) is 9.10. The van der Waals surface area contributed by atoms with Gasteiger partial charge in [0.1, 0.15) is 0 Å². The van der Waals surface area contributed by atoms with Crippen LogP contribution in [0.15, 0.2) is 18.5 Å². The van der Waals surface area contributed by atoms with Crippen molar-refractivity contribution in [3.8, 4) is 0 Å². The quantitative estimate of drug-likeness (QED) is 0.712. The molecule has 3 heteroatoms. The van der Waals surface area contributed by atoms with Gasteiger partial charge in [-0.25, -0.2) is 0 Å². The van der Waals surface area contributed by atoms with Gasteiger partial charge in [0.05, 0.1) is 6.10 Å². The van der Waals surface area contributed by atoms with E-state index in [1.165, 1.54) is 5.56 Å². The van der Waals surface area contributed by atoms with Crippen molar-refractivity contribution in [2.75, 3.05) is 13.1 Å². The Kier molecular flexibility index (Phi) is 2.66. The van der Waals surface area contributed by atoms with Gasteiger partial charge in [-0.2, -0.15) is 0 Å². The lowest BCUT2D eigenvalue weighted by Crippen LogP contribution is -2.37. The van der Waals surface area contributed by atoms with Crippen LogP contribution in [0.4, 0.5) is 0 Å². The highest BCUT2D eigenvalue weighted by Gasteiger charge is 2.17. The summed E-state index contributed by atoms with van der Waals surface area (Å²) in [5, 5.41) is 9.46. The molecule has 0 radical (unpaired) electrons. The maximum atomic E-state index is 9.46. The van der Waals surface area contributed by atoms with E-state index in [0.717, 1.165) is 32.5 Å². The van der Waals surface area contributed by atoms with E-state index in [2.05, 4.69) is 16.0 Å². The molecular formula is C10H16N2O. The molecule has 0 amide bonds. The molecule has 2 N–H and O–H groups in total. The standard InChI is InChI=1S/C10H16N2O/c13-10-2-1-5-12(8-10)7-9-3-4-11-6-9/h3-4,6,10-11,13H,1-2,5,7-8H2/t10-/m0/s1. The van der Waals surface area contributed by atoms with Crippen molar-refractivity contribution < 1.29 is 5.11 Å². The lowest BCUT2D eigenvalue weighted by molar-refractivity contribution is 0.0668. The van der Waals surface area contributed by atoms with Gasteiger partial charge in [-0.15, -0.1) is 0 Å². The second-order valence-corrected chi connectivity index (χ2v) is 3.75. The first-order valence-corrected chi connectivity index (χ1v) is 4.86. The molecule has 1 aromatic rings. The topological polar surface area (TPSA) is 39.3 Å². The number of aliphatic hydroxyl groups is 1. The zero-order valence-electron chi connectivity index (χ0n) is 7.74. The number of aliphatic hydroxyl groups excluding tert-OH is 1. The molecule has 0 bridgehead atoms. The monoisotopic (exact) mass is 180 g/mol. The Morgan fingerprint density at radius 1 is 1.62 bits per heavy atom. The van der Waals surface area contributed by atoms with E-state index >= 15 is 0 Å². The fourth-order valence-corrected chi connectivity index (χ4v) is 1.89. The van der Waals surface area contributed by atoms with Crippen molar-refractivity contribution in [2.45, 2.75) is 25.5 Å². The highest BCUT2D eigenvalue weighted by molar-refractivity contribution is 5.08. The molecule has 1 aliphatic heterocycles. The number of aromatic amines is 1. The Bertz CT molecular complexity index is 245. The van der Waals surface area contributed by atoms with Crippen LogP contribution in [0.25, 0.3) is 0 Å². The lowest BCUT2D eigenvalue weighted by atomic mass is 10.1. The van der Waals surface area contributed by atoms with E-state index in [0.29, 0.717) is 0 Å². The molecule has 1 saturated heterocycles. The van der Waals surface area contributed by atoms with Gasteiger partial charge >= 0.3 is 0 Å². The highest BCUT2D eigenvalue weighted by Crippen LogP contribution is 2.12. The van der Waals surface area contributed by atoms with Crippen molar-refractivity contribution in [1.29, 1.82) is 0 Å². The Hall–Kier alpha value is -0.800. The molecule has 2 rings (SSSR count). The number of nitrogens with zero attached hydrogens (tertiary/aromatic N) is 1. The largest absolute Gasteiger partial charge is 0.392 e. The van der Waals surface area contributed by atoms with Crippen LogP contribution in [-0.2, 0) is 6.54 Å². The molecule has 2 heterocycles. The number of aromatic nitrogens is 1. The second-order valence-electron chi connectivity index (χ2n) is 3.75. The number of likely N-dealkylation sites (tertiary alicyclic amines) is 1. The molecule has 1 atom stereocenters. The molecule has 0 spiro atoms. The Morgan fingerprint density at radius 2 is 2.54 bits per heavy atom. The van der Waals surface area contributed by atoms with Crippen LogP contribution in [0.1, 0.15) is 18.4 Å². The first-order valence-electron chi connectivity index (χ1n) is 4.86. The van der Waals surface area contributed by atoms with Gasteiger partial charge in [0.25, 0.3) is 0 Å². The summed E-state index contributed by atoms with van der Waals surface area (Å²) in [4.78, 5) is 5.34. The summed E-state index contributed by atoms with van der Waals surface area (Å²) in [6.45, 7) is 2.90. The first-order chi connectivity index (χ1) is 6.34. The molecule has 1 aromatic heterocycles. The number of hydrogen-bond donors (Lipinski definition) is 2. The SMILES string of the molecule is O[C@H]1CCCN(Cc2cc[nH]c2)C1. The van der Waals surface area contributed by atoms with E-state index in [1.54, 1.807) is 0 Å². The average molecular weight is 180 g/mol. The van der Waals surface area contributed by atoms with Crippen LogP contribution in [0.3, 0.4) is 0 Å². The first kappa shape index (κ1) is 8.78. The summed E-state index contributed by atoms with van der Waals surface area (Å²) in [5.74, 6) is 0. The molecule has 13 heavy (non-hydrogen) atoms. The zero-order valence-corrected chi connectivity index (χ0v) is 7.74. The normalized spacial score (nSPS) is 24.8. The maximum Gasteiger partial charge on any atom is 0.0667 e. The van der Waals surface area contributed by atoms with E-state index in [1.807, 2.05) is 12.4 Å². The summed E-state index contributed by atoms with van der Waals surface area (Å²) < 4.78 is 0. The third-order valence-electron chi connectivity index (χ3n) is 2.55. The van der Waals surface area contributed by atoms with Crippen LogP contribution in [0.2, 0.25) is 0 Å². The Labute approximate surface area is 78.4 Å². The lowest BCUT2D eigenvalue weighted by Gasteiger charge is -2.29. The van der Waals surface area contributed by atoms with Crippen molar-refractivity contribution >= 4 is 0 Å². The predicted molar refractivity (Wildman–Crippen MR) is 51.3 cm³/mol.